The van der Waals surface area contributed by atoms with Crippen LogP contribution in [0.15, 0.2) is 36.5 Å². The number of benzene rings is 1. The Morgan fingerprint density at radius 3 is 2.47 bits per heavy atom. The highest BCUT2D eigenvalue weighted by Crippen LogP contribution is 2.19. The SMILES string of the molecule is CCc1c(C(=O)O)ccn1-c1cccc(C(=O)O)c1. The van der Waals surface area contributed by atoms with E-state index in [1.54, 1.807) is 22.9 Å². The lowest BCUT2D eigenvalue weighted by Crippen LogP contribution is -2.05. The summed E-state index contributed by atoms with van der Waals surface area (Å²) in [6, 6.07) is 7.93. The van der Waals surface area contributed by atoms with Gasteiger partial charge in [0.2, 0.25) is 0 Å². The normalized spacial score (nSPS) is 10.4. The Morgan fingerprint density at radius 2 is 1.89 bits per heavy atom. The van der Waals surface area contributed by atoms with E-state index in [2.05, 4.69) is 0 Å². The van der Waals surface area contributed by atoms with Crippen LogP contribution in [-0.2, 0) is 6.42 Å². The van der Waals surface area contributed by atoms with E-state index in [-0.39, 0.29) is 11.1 Å². The van der Waals surface area contributed by atoms with Gasteiger partial charge in [-0.1, -0.05) is 13.0 Å². The Bertz CT molecular complexity index is 643. The molecule has 0 aliphatic carbocycles. The van der Waals surface area contributed by atoms with Gasteiger partial charge in [0.25, 0.3) is 0 Å². The maximum absolute atomic E-state index is 11.1. The van der Waals surface area contributed by atoms with Crippen molar-refractivity contribution in [3.05, 3.63) is 53.3 Å². The molecule has 2 N–H and O–H groups in total. The van der Waals surface area contributed by atoms with Gasteiger partial charge in [-0.25, -0.2) is 9.59 Å². The van der Waals surface area contributed by atoms with Crippen LogP contribution in [0.25, 0.3) is 5.69 Å². The molecule has 0 aliphatic heterocycles. The number of aromatic nitrogens is 1. The molecule has 98 valence electrons. The van der Waals surface area contributed by atoms with E-state index in [4.69, 9.17) is 10.2 Å². The van der Waals surface area contributed by atoms with Crippen molar-refractivity contribution in [2.24, 2.45) is 0 Å². The second-order valence-corrected chi connectivity index (χ2v) is 4.06. The van der Waals surface area contributed by atoms with Gasteiger partial charge in [-0.15, -0.1) is 0 Å². The molecule has 0 bridgehead atoms. The van der Waals surface area contributed by atoms with E-state index >= 15 is 0 Å². The standard InChI is InChI=1S/C14H13NO4/c1-2-12-11(14(18)19)6-7-15(12)10-5-3-4-9(8-10)13(16)17/h3-8H,2H2,1H3,(H,16,17)(H,18,19). The average molecular weight is 259 g/mol. The van der Waals surface area contributed by atoms with Crippen LogP contribution >= 0.6 is 0 Å². The monoisotopic (exact) mass is 259 g/mol. The maximum Gasteiger partial charge on any atom is 0.337 e. The molecular weight excluding hydrogens is 246 g/mol. The van der Waals surface area contributed by atoms with Crippen LogP contribution in [0.3, 0.4) is 0 Å². The molecule has 2 rings (SSSR count). The van der Waals surface area contributed by atoms with E-state index in [1.807, 2.05) is 6.92 Å². The lowest BCUT2D eigenvalue weighted by atomic mass is 10.1. The van der Waals surface area contributed by atoms with Crippen molar-refractivity contribution in [1.29, 1.82) is 0 Å². The molecule has 0 fully saturated rings. The van der Waals surface area contributed by atoms with Gasteiger partial charge in [0.1, 0.15) is 0 Å². The van der Waals surface area contributed by atoms with Crippen molar-refractivity contribution in [2.45, 2.75) is 13.3 Å². The summed E-state index contributed by atoms with van der Waals surface area (Å²) in [6.07, 6.45) is 2.19. The largest absolute Gasteiger partial charge is 0.478 e. The zero-order chi connectivity index (χ0) is 14.0. The van der Waals surface area contributed by atoms with Gasteiger partial charge < -0.3 is 14.8 Å². The van der Waals surface area contributed by atoms with Crippen molar-refractivity contribution in [1.82, 2.24) is 4.57 Å². The third-order valence-corrected chi connectivity index (χ3v) is 2.93. The van der Waals surface area contributed by atoms with E-state index in [0.717, 1.165) is 0 Å². The molecule has 5 heteroatoms. The van der Waals surface area contributed by atoms with Gasteiger partial charge in [0, 0.05) is 17.6 Å². The minimum absolute atomic E-state index is 0.171. The number of nitrogens with zero attached hydrogens (tertiary/aromatic N) is 1. The Kier molecular flexibility index (Phi) is 3.37. The molecule has 2 aromatic rings. The first-order chi connectivity index (χ1) is 9.04. The van der Waals surface area contributed by atoms with Gasteiger partial charge in [-0.2, -0.15) is 0 Å². The van der Waals surface area contributed by atoms with Gasteiger partial charge in [0.15, 0.2) is 0 Å². The molecule has 5 nitrogen and oxygen atoms in total. The van der Waals surface area contributed by atoms with Crippen molar-refractivity contribution < 1.29 is 19.8 Å². The first kappa shape index (κ1) is 12.9. The minimum atomic E-state index is -1.01. The number of rotatable bonds is 4. The second kappa shape index (κ2) is 4.97. The minimum Gasteiger partial charge on any atom is -0.478 e. The number of hydrogen-bond donors (Lipinski definition) is 2. The first-order valence-electron chi connectivity index (χ1n) is 5.81. The molecule has 0 saturated carbocycles. The average Bonchev–Trinajstić information content (AvgIpc) is 2.82. The van der Waals surface area contributed by atoms with E-state index in [0.29, 0.717) is 17.8 Å². The molecule has 0 unspecified atom stereocenters. The fourth-order valence-electron chi connectivity index (χ4n) is 2.05. The number of aromatic carboxylic acids is 2. The first-order valence-corrected chi connectivity index (χ1v) is 5.81. The highest BCUT2D eigenvalue weighted by molar-refractivity contribution is 5.90. The molecule has 0 saturated heterocycles. The second-order valence-electron chi connectivity index (χ2n) is 4.06. The summed E-state index contributed by atoms with van der Waals surface area (Å²) in [5.41, 5.74) is 1.70. The van der Waals surface area contributed by atoms with Crippen LogP contribution in [-0.4, -0.2) is 26.7 Å². The smallest absolute Gasteiger partial charge is 0.337 e. The Hall–Kier alpha value is -2.56. The Balaban J connectivity index is 2.56. The lowest BCUT2D eigenvalue weighted by molar-refractivity contribution is 0.0685. The number of carboxylic acids is 2. The summed E-state index contributed by atoms with van der Waals surface area (Å²) < 4.78 is 1.70. The molecular formula is C14H13NO4. The van der Waals surface area contributed by atoms with Crippen LogP contribution in [0.5, 0.6) is 0 Å². The lowest BCUT2D eigenvalue weighted by Gasteiger charge is -2.09. The van der Waals surface area contributed by atoms with Crippen molar-refractivity contribution >= 4 is 11.9 Å². The molecule has 1 aromatic carbocycles. The van der Waals surface area contributed by atoms with Crippen LogP contribution in [0.2, 0.25) is 0 Å². The molecule has 19 heavy (non-hydrogen) atoms. The molecule has 1 aromatic heterocycles. The van der Waals surface area contributed by atoms with Gasteiger partial charge in [-0.05, 0) is 30.7 Å². The summed E-state index contributed by atoms with van der Waals surface area (Å²) in [5.74, 6) is -1.99. The Morgan fingerprint density at radius 1 is 1.16 bits per heavy atom. The predicted octanol–water partition coefficient (Wildman–Crippen LogP) is 2.44. The molecule has 0 atom stereocenters. The molecule has 0 radical (unpaired) electrons. The topological polar surface area (TPSA) is 79.5 Å². The molecule has 0 aliphatic rings. The highest BCUT2D eigenvalue weighted by Gasteiger charge is 2.15. The zero-order valence-electron chi connectivity index (χ0n) is 10.3. The van der Waals surface area contributed by atoms with Crippen LogP contribution < -0.4 is 0 Å². The van der Waals surface area contributed by atoms with Crippen LogP contribution in [0.4, 0.5) is 0 Å². The summed E-state index contributed by atoms with van der Waals surface area (Å²) in [7, 11) is 0. The summed E-state index contributed by atoms with van der Waals surface area (Å²) >= 11 is 0. The number of carboxylic acid groups (broad SMARTS) is 2. The van der Waals surface area contributed by atoms with Gasteiger partial charge >= 0.3 is 11.9 Å². The van der Waals surface area contributed by atoms with Crippen LogP contribution in [0.1, 0.15) is 33.3 Å². The fourth-order valence-corrected chi connectivity index (χ4v) is 2.05. The number of hydrogen-bond acceptors (Lipinski definition) is 2. The van der Waals surface area contributed by atoms with E-state index in [9.17, 15) is 9.59 Å². The van der Waals surface area contributed by atoms with E-state index < -0.39 is 11.9 Å². The Labute approximate surface area is 109 Å². The van der Waals surface area contributed by atoms with Gasteiger partial charge in [-0.3, -0.25) is 0 Å². The van der Waals surface area contributed by atoms with Crippen molar-refractivity contribution in [3.8, 4) is 5.69 Å². The summed E-state index contributed by atoms with van der Waals surface area (Å²) in [5, 5.41) is 18.1. The zero-order valence-corrected chi connectivity index (χ0v) is 10.3. The molecule has 1 heterocycles. The van der Waals surface area contributed by atoms with E-state index in [1.165, 1.54) is 18.2 Å². The number of carbonyl (C=O) groups is 2. The maximum atomic E-state index is 11.1. The highest BCUT2D eigenvalue weighted by atomic mass is 16.4. The third-order valence-electron chi connectivity index (χ3n) is 2.93. The van der Waals surface area contributed by atoms with Gasteiger partial charge in [0.05, 0.1) is 11.1 Å². The van der Waals surface area contributed by atoms with Crippen molar-refractivity contribution in [2.75, 3.05) is 0 Å². The summed E-state index contributed by atoms with van der Waals surface area (Å²) in [4.78, 5) is 22.0. The third kappa shape index (κ3) is 2.35. The predicted molar refractivity (Wildman–Crippen MR) is 69.1 cm³/mol. The van der Waals surface area contributed by atoms with Crippen LogP contribution in [0, 0.1) is 0 Å². The van der Waals surface area contributed by atoms with Crippen molar-refractivity contribution in [3.63, 3.8) is 0 Å². The molecule has 0 amide bonds. The quantitative estimate of drug-likeness (QED) is 0.883. The molecule has 0 spiro atoms. The fraction of sp³-hybridized carbons (Fsp3) is 0.143. The summed E-state index contributed by atoms with van der Waals surface area (Å²) in [6.45, 7) is 1.86.